The van der Waals surface area contributed by atoms with E-state index in [0.29, 0.717) is 11.8 Å². The maximum Gasteiger partial charge on any atom is 0.417 e. The van der Waals surface area contributed by atoms with Crippen LogP contribution >= 0.6 is 23.4 Å². The number of halogens is 4. The second kappa shape index (κ2) is 8.41. The number of alkyl halides is 3. The van der Waals surface area contributed by atoms with Gasteiger partial charge in [0.2, 0.25) is 5.91 Å². The molecule has 0 spiro atoms. The lowest BCUT2D eigenvalue weighted by atomic mass is 10.1. The van der Waals surface area contributed by atoms with Crippen molar-refractivity contribution in [2.45, 2.75) is 16.5 Å². The Labute approximate surface area is 156 Å². The molecule has 1 unspecified atom stereocenters. The van der Waals surface area contributed by atoms with Gasteiger partial charge in [-0.2, -0.15) is 13.2 Å². The first-order chi connectivity index (χ1) is 12.2. The Morgan fingerprint density at radius 1 is 1.23 bits per heavy atom. The summed E-state index contributed by atoms with van der Waals surface area (Å²) >= 11 is 6.76. The fourth-order valence-electron chi connectivity index (χ4n) is 1.92. The van der Waals surface area contributed by atoms with Gasteiger partial charge in [0.1, 0.15) is 10.3 Å². The van der Waals surface area contributed by atoms with Crippen molar-refractivity contribution in [1.82, 2.24) is 15.6 Å². The van der Waals surface area contributed by atoms with Crippen LogP contribution in [0.25, 0.3) is 0 Å². The fourth-order valence-corrected chi connectivity index (χ4v) is 3.19. The number of amides is 3. The van der Waals surface area contributed by atoms with Crippen molar-refractivity contribution < 1.29 is 22.8 Å². The standard InChI is InChI=1S/C16H13ClF3N3O2S/c1-21-15(25)23-13(24)12(9-5-3-2-4-6-9)26-14-11(17)7-10(8-22-14)16(18,19)20/h2-8,12H,1H3,(H2,21,23,24,25). The van der Waals surface area contributed by atoms with Gasteiger partial charge in [0.05, 0.1) is 10.6 Å². The van der Waals surface area contributed by atoms with Crippen LogP contribution in [0.5, 0.6) is 0 Å². The predicted molar refractivity (Wildman–Crippen MR) is 91.9 cm³/mol. The SMILES string of the molecule is CNC(=O)NC(=O)C(Sc1ncc(C(F)(F)F)cc1Cl)c1ccccc1. The van der Waals surface area contributed by atoms with Crippen LogP contribution in [0.15, 0.2) is 47.6 Å². The van der Waals surface area contributed by atoms with E-state index in [1.807, 2.05) is 0 Å². The lowest BCUT2D eigenvalue weighted by Gasteiger charge is -2.17. The summed E-state index contributed by atoms with van der Waals surface area (Å²) in [5, 5.41) is 3.27. The fraction of sp³-hybridized carbons (Fsp3) is 0.188. The molecular formula is C16H13ClF3N3O2S. The molecule has 0 fully saturated rings. The smallest absolute Gasteiger partial charge is 0.341 e. The molecule has 2 rings (SSSR count). The van der Waals surface area contributed by atoms with E-state index in [-0.39, 0.29) is 10.0 Å². The van der Waals surface area contributed by atoms with E-state index in [1.54, 1.807) is 30.3 Å². The maximum atomic E-state index is 12.7. The van der Waals surface area contributed by atoms with Crippen LogP contribution < -0.4 is 10.6 Å². The summed E-state index contributed by atoms with van der Waals surface area (Å²) in [6.07, 6.45) is -3.93. The summed E-state index contributed by atoms with van der Waals surface area (Å²) in [6.45, 7) is 0. The average Bonchev–Trinajstić information content (AvgIpc) is 2.60. The van der Waals surface area contributed by atoms with Crippen LogP contribution in [-0.2, 0) is 11.0 Å². The van der Waals surface area contributed by atoms with Crippen molar-refractivity contribution in [2.75, 3.05) is 7.05 Å². The van der Waals surface area contributed by atoms with Gasteiger partial charge in [-0.3, -0.25) is 10.1 Å². The summed E-state index contributed by atoms with van der Waals surface area (Å²) in [6, 6.07) is 8.47. The molecule has 0 aliphatic heterocycles. The number of carbonyl (C=O) groups excluding carboxylic acids is 2. The lowest BCUT2D eigenvalue weighted by molar-refractivity contribution is -0.137. The van der Waals surface area contributed by atoms with E-state index >= 15 is 0 Å². The summed E-state index contributed by atoms with van der Waals surface area (Å²) in [4.78, 5) is 27.5. The molecular weight excluding hydrogens is 391 g/mol. The van der Waals surface area contributed by atoms with Gasteiger partial charge in [-0.1, -0.05) is 53.7 Å². The Morgan fingerprint density at radius 2 is 1.88 bits per heavy atom. The number of hydrogen-bond acceptors (Lipinski definition) is 4. The van der Waals surface area contributed by atoms with Crippen LogP contribution in [-0.4, -0.2) is 24.0 Å². The summed E-state index contributed by atoms with van der Waals surface area (Å²) in [5.74, 6) is -0.654. The van der Waals surface area contributed by atoms with Gasteiger partial charge in [0.15, 0.2) is 0 Å². The molecule has 2 N–H and O–H groups in total. The molecule has 10 heteroatoms. The van der Waals surface area contributed by atoms with Gasteiger partial charge in [-0.05, 0) is 11.6 Å². The number of aromatic nitrogens is 1. The Bertz CT molecular complexity index is 803. The zero-order chi connectivity index (χ0) is 19.3. The van der Waals surface area contributed by atoms with E-state index in [9.17, 15) is 22.8 Å². The van der Waals surface area contributed by atoms with E-state index in [2.05, 4.69) is 15.6 Å². The normalized spacial score (nSPS) is 12.3. The van der Waals surface area contributed by atoms with Gasteiger partial charge in [-0.25, -0.2) is 9.78 Å². The number of nitrogens with one attached hydrogen (secondary N) is 2. The monoisotopic (exact) mass is 403 g/mol. The number of hydrogen-bond donors (Lipinski definition) is 2. The van der Waals surface area contributed by atoms with Crippen LogP contribution in [0, 0.1) is 0 Å². The third-order valence-corrected chi connectivity index (χ3v) is 4.84. The zero-order valence-corrected chi connectivity index (χ0v) is 14.9. The molecule has 0 aliphatic rings. The van der Waals surface area contributed by atoms with Crippen LogP contribution in [0.3, 0.4) is 0 Å². The van der Waals surface area contributed by atoms with Gasteiger partial charge >= 0.3 is 12.2 Å². The number of nitrogens with zero attached hydrogens (tertiary/aromatic N) is 1. The number of imide groups is 1. The van der Waals surface area contributed by atoms with Crippen LogP contribution in [0.1, 0.15) is 16.4 Å². The molecule has 0 saturated heterocycles. The Balaban J connectivity index is 2.32. The number of carbonyl (C=O) groups is 2. The molecule has 1 aromatic carbocycles. The minimum Gasteiger partial charge on any atom is -0.341 e. The molecule has 0 aliphatic carbocycles. The molecule has 138 valence electrons. The Hall–Kier alpha value is -2.26. The first-order valence-corrected chi connectivity index (χ1v) is 8.45. The van der Waals surface area contributed by atoms with E-state index in [0.717, 1.165) is 17.8 Å². The Kier molecular flexibility index (Phi) is 6.49. The Morgan fingerprint density at radius 3 is 2.42 bits per heavy atom. The third kappa shape index (κ3) is 5.12. The highest BCUT2D eigenvalue weighted by atomic mass is 35.5. The molecule has 5 nitrogen and oxygen atoms in total. The molecule has 1 heterocycles. The summed E-state index contributed by atoms with van der Waals surface area (Å²) in [5.41, 5.74) is -0.449. The number of rotatable bonds is 4. The first-order valence-electron chi connectivity index (χ1n) is 7.19. The number of pyridine rings is 1. The summed E-state index contributed by atoms with van der Waals surface area (Å²) in [7, 11) is 1.35. The highest BCUT2D eigenvalue weighted by molar-refractivity contribution is 8.00. The topological polar surface area (TPSA) is 71.1 Å². The largest absolute Gasteiger partial charge is 0.417 e. The summed E-state index contributed by atoms with van der Waals surface area (Å²) < 4.78 is 38.2. The second-order valence-corrected chi connectivity index (χ2v) is 6.49. The molecule has 1 aromatic heterocycles. The number of thioether (sulfide) groups is 1. The molecule has 2 aromatic rings. The molecule has 26 heavy (non-hydrogen) atoms. The predicted octanol–water partition coefficient (Wildman–Crippen LogP) is 4.04. The highest BCUT2D eigenvalue weighted by Gasteiger charge is 2.32. The minimum atomic E-state index is -4.57. The molecule has 0 saturated carbocycles. The number of benzene rings is 1. The minimum absolute atomic E-state index is 0.0422. The van der Waals surface area contributed by atoms with E-state index < -0.39 is 28.9 Å². The molecule has 1 atom stereocenters. The van der Waals surface area contributed by atoms with Crippen molar-refractivity contribution in [3.63, 3.8) is 0 Å². The first kappa shape index (κ1) is 20.1. The lowest BCUT2D eigenvalue weighted by Crippen LogP contribution is -2.39. The van der Waals surface area contributed by atoms with Gasteiger partial charge in [-0.15, -0.1) is 0 Å². The van der Waals surface area contributed by atoms with Gasteiger partial charge < -0.3 is 5.32 Å². The van der Waals surface area contributed by atoms with Crippen LogP contribution in [0.4, 0.5) is 18.0 Å². The van der Waals surface area contributed by atoms with Crippen LogP contribution in [0.2, 0.25) is 5.02 Å². The van der Waals surface area contributed by atoms with Gasteiger partial charge in [0, 0.05) is 13.2 Å². The molecule has 3 amide bonds. The van der Waals surface area contributed by atoms with Crippen molar-refractivity contribution in [3.05, 3.63) is 58.7 Å². The van der Waals surface area contributed by atoms with E-state index in [1.165, 1.54) is 7.05 Å². The van der Waals surface area contributed by atoms with Crippen molar-refractivity contribution >= 4 is 35.3 Å². The van der Waals surface area contributed by atoms with Crippen molar-refractivity contribution in [3.8, 4) is 0 Å². The second-order valence-electron chi connectivity index (χ2n) is 4.99. The van der Waals surface area contributed by atoms with Crippen molar-refractivity contribution in [1.29, 1.82) is 0 Å². The van der Waals surface area contributed by atoms with E-state index in [4.69, 9.17) is 11.6 Å². The van der Waals surface area contributed by atoms with Gasteiger partial charge in [0.25, 0.3) is 0 Å². The highest BCUT2D eigenvalue weighted by Crippen LogP contribution is 2.39. The zero-order valence-electron chi connectivity index (χ0n) is 13.3. The molecule has 0 radical (unpaired) electrons. The maximum absolute atomic E-state index is 12.7. The quantitative estimate of drug-likeness (QED) is 0.756. The third-order valence-electron chi connectivity index (χ3n) is 3.17. The van der Waals surface area contributed by atoms with Crippen molar-refractivity contribution in [2.24, 2.45) is 0 Å². The number of urea groups is 1. The average molecular weight is 404 g/mol. The molecule has 0 bridgehead atoms.